The lowest BCUT2D eigenvalue weighted by atomic mass is 10.2. The highest BCUT2D eigenvalue weighted by atomic mass is 16.7. The van der Waals surface area contributed by atoms with Crippen molar-refractivity contribution in [2.45, 2.75) is 19.6 Å². The van der Waals surface area contributed by atoms with Gasteiger partial charge >= 0.3 is 0 Å². The van der Waals surface area contributed by atoms with E-state index in [9.17, 15) is 0 Å². The summed E-state index contributed by atoms with van der Waals surface area (Å²) >= 11 is 0. The largest absolute Gasteiger partial charge is 0.294 e. The van der Waals surface area contributed by atoms with Crippen LogP contribution in [0, 0.1) is 0 Å². The van der Waals surface area contributed by atoms with Crippen molar-refractivity contribution in [1.29, 1.82) is 0 Å². The maximum atomic E-state index is 5.74. The molecule has 18 heavy (non-hydrogen) atoms. The Hall–Kier alpha value is -1.71. The Balaban J connectivity index is 1.90. The molecule has 0 aliphatic carbocycles. The summed E-state index contributed by atoms with van der Waals surface area (Å²) in [4.78, 5) is 10.1. The summed E-state index contributed by atoms with van der Waals surface area (Å²) in [6.45, 7) is 2.65. The Labute approximate surface area is 108 Å². The summed E-state index contributed by atoms with van der Waals surface area (Å²) in [5, 5.41) is 1.84. The second-order valence-corrected chi connectivity index (χ2v) is 4.24. The van der Waals surface area contributed by atoms with Gasteiger partial charge in [0.1, 0.15) is 0 Å². The molecule has 1 heterocycles. The lowest BCUT2D eigenvalue weighted by molar-refractivity contribution is -0.176. The van der Waals surface area contributed by atoms with Gasteiger partial charge in [0.15, 0.2) is 0 Å². The molecule has 0 saturated carbocycles. The van der Waals surface area contributed by atoms with Gasteiger partial charge in [0.05, 0.1) is 18.3 Å². The van der Waals surface area contributed by atoms with Gasteiger partial charge in [0.25, 0.3) is 0 Å². The van der Waals surface area contributed by atoms with Crippen molar-refractivity contribution in [2.24, 2.45) is 0 Å². The number of hydrogen-bond donors (Lipinski definition) is 0. The van der Waals surface area contributed by atoms with Crippen molar-refractivity contribution in [1.82, 2.24) is 10.0 Å². The fourth-order valence-electron chi connectivity index (χ4n) is 1.67. The summed E-state index contributed by atoms with van der Waals surface area (Å²) < 4.78 is 0. The van der Waals surface area contributed by atoms with E-state index in [1.165, 1.54) is 0 Å². The number of hydroxylamine groups is 2. The second-order valence-electron chi connectivity index (χ2n) is 4.24. The zero-order valence-electron chi connectivity index (χ0n) is 10.8. The van der Waals surface area contributed by atoms with Gasteiger partial charge in [-0.15, -0.1) is 0 Å². The summed E-state index contributed by atoms with van der Waals surface area (Å²) in [6, 6.07) is 16.2. The molecule has 1 aromatic carbocycles. The monoisotopic (exact) mass is 242 g/mol. The summed E-state index contributed by atoms with van der Waals surface area (Å²) in [6.07, 6.45) is 1.80. The van der Waals surface area contributed by atoms with E-state index in [0.717, 1.165) is 11.3 Å². The van der Waals surface area contributed by atoms with Gasteiger partial charge in [0.2, 0.25) is 0 Å². The van der Waals surface area contributed by atoms with Crippen LogP contribution in [0.1, 0.15) is 24.2 Å². The van der Waals surface area contributed by atoms with E-state index in [1.54, 1.807) is 6.20 Å². The van der Waals surface area contributed by atoms with Crippen LogP contribution in [0.2, 0.25) is 0 Å². The second kappa shape index (κ2) is 6.28. The molecule has 1 aromatic heterocycles. The molecule has 0 saturated heterocycles. The molecule has 0 spiro atoms. The van der Waals surface area contributed by atoms with Crippen LogP contribution in [0.25, 0.3) is 0 Å². The molecule has 0 radical (unpaired) electrons. The minimum absolute atomic E-state index is 0.134. The maximum absolute atomic E-state index is 5.74. The quantitative estimate of drug-likeness (QED) is 0.753. The average Bonchev–Trinajstić information content (AvgIpc) is 2.46. The van der Waals surface area contributed by atoms with Gasteiger partial charge in [-0.05, 0) is 24.6 Å². The standard InChI is InChI=1S/C15H18N2O/c1-13(15-10-6-7-11-16-15)17(2)18-12-14-8-4-3-5-9-14/h3-11,13H,12H2,1-2H3/t13-/m0/s1. The molecule has 1 atom stereocenters. The first kappa shape index (κ1) is 12.7. The number of rotatable bonds is 5. The first-order valence-electron chi connectivity index (χ1n) is 6.08. The number of aromatic nitrogens is 1. The van der Waals surface area contributed by atoms with Crippen LogP contribution >= 0.6 is 0 Å². The van der Waals surface area contributed by atoms with Crippen molar-refractivity contribution >= 4 is 0 Å². The highest BCUT2D eigenvalue weighted by Crippen LogP contribution is 2.16. The molecule has 94 valence electrons. The third-order valence-corrected chi connectivity index (χ3v) is 2.94. The predicted molar refractivity (Wildman–Crippen MR) is 71.6 cm³/mol. The van der Waals surface area contributed by atoms with E-state index < -0.39 is 0 Å². The summed E-state index contributed by atoms with van der Waals surface area (Å²) in [5.41, 5.74) is 2.17. The van der Waals surface area contributed by atoms with Gasteiger partial charge in [-0.1, -0.05) is 36.4 Å². The van der Waals surface area contributed by atoms with Gasteiger partial charge in [-0.3, -0.25) is 9.82 Å². The van der Waals surface area contributed by atoms with Crippen LogP contribution in [-0.4, -0.2) is 17.1 Å². The molecular formula is C15H18N2O. The van der Waals surface area contributed by atoms with Crippen molar-refractivity contribution in [3.8, 4) is 0 Å². The summed E-state index contributed by atoms with van der Waals surface area (Å²) in [5.74, 6) is 0. The van der Waals surface area contributed by atoms with Gasteiger partial charge in [-0.25, -0.2) is 0 Å². The minimum atomic E-state index is 0.134. The van der Waals surface area contributed by atoms with E-state index >= 15 is 0 Å². The molecule has 0 aliphatic rings. The third-order valence-electron chi connectivity index (χ3n) is 2.94. The molecular weight excluding hydrogens is 224 g/mol. The van der Waals surface area contributed by atoms with Crippen LogP contribution in [0.15, 0.2) is 54.7 Å². The van der Waals surface area contributed by atoms with Crippen molar-refractivity contribution in [2.75, 3.05) is 7.05 Å². The minimum Gasteiger partial charge on any atom is -0.294 e. The molecule has 0 N–H and O–H groups in total. The Morgan fingerprint density at radius 2 is 1.83 bits per heavy atom. The Kier molecular flexibility index (Phi) is 4.45. The average molecular weight is 242 g/mol. The van der Waals surface area contributed by atoms with Crippen LogP contribution < -0.4 is 0 Å². The number of nitrogens with zero attached hydrogens (tertiary/aromatic N) is 2. The van der Waals surface area contributed by atoms with E-state index in [2.05, 4.69) is 24.0 Å². The lowest BCUT2D eigenvalue weighted by Gasteiger charge is -2.23. The van der Waals surface area contributed by atoms with Crippen LogP contribution in [0.5, 0.6) is 0 Å². The van der Waals surface area contributed by atoms with E-state index in [1.807, 2.05) is 48.5 Å². The smallest absolute Gasteiger partial charge is 0.0936 e. The molecule has 2 aromatic rings. The lowest BCUT2D eigenvalue weighted by Crippen LogP contribution is -2.23. The number of hydrogen-bond acceptors (Lipinski definition) is 3. The fourth-order valence-corrected chi connectivity index (χ4v) is 1.67. The van der Waals surface area contributed by atoms with Crippen molar-refractivity contribution in [3.05, 3.63) is 66.0 Å². The maximum Gasteiger partial charge on any atom is 0.0936 e. The van der Waals surface area contributed by atoms with Crippen LogP contribution in [0.3, 0.4) is 0 Å². The predicted octanol–water partition coefficient (Wildman–Crippen LogP) is 3.21. The normalized spacial score (nSPS) is 12.6. The zero-order chi connectivity index (χ0) is 12.8. The first-order chi connectivity index (χ1) is 8.77. The van der Waals surface area contributed by atoms with E-state index in [0.29, 0.717) is 6.61 Å². The summed E-state index contributed by atoms with van der Waals surface area (Å²) in [7, 11) is 1.93. The first-order valence-corrected chi connectivity index (χ1v) is 6.08. The van der Waals surface area contributed by atoms with Crippen molar-refractivity contribution in [3.63, 3.8) is 0 Å². The van der Waals surface area contributed by atoms with Gasteiger partial charge < -0.3 is 0 Å². The highest BCUT2D eigenvalue weighted by molar-refractivity contribution is 5.13. The van der Waals surface area contributed by atoms with Crippen LogP contribution in [0.4, 0.5) is 0 Å². The van der Waals surface area contributed by atoms with Gasteiger partial charge in [-0.2, -0.15) is 5.06 Å². The van der Waals surface area contributed by atoms with Crippen LogP contribution in [-0.2, 0) is 11.4 Å². The molecule has 3 nitrogen and oxygen atoms in total. The van der Waals surface area contributed by atoms with Gasteiger partial charge in [0, 0.05) is 13.2 Å². The molecule has 0 fully saturated rings. The molecule has 2 rings (SSSR count). The van der Waals surface area contributed by atoms with E-state index in [-0.39, 0.29) is 6.04 Å². The fraction of sp³-hybridized carbons (Fsp3) is 0.267. The Morgan fingerprint density at radius 1 is 1.11 bits per heavy atom. The Morgan fingerprint density at radius 3 is 2.50 bits per heavy atom. The molecule has 3 heteroatoms. The molecule has 0 amide bonds. The zero-order valence-corrected chi connectivity index (χ0v) is 10.8. The Bertz CT molecular complexity index is 458. The number of pyridine rings is 1. The molecule has 0 aliphatic heterocycles. The van der Waals surface area contributed by atoms with E-state index in [4.69, 9.17) is 4.84 Å². The SMILES string of the molecule is C[C@@H](c1ccccn1)N(C)OCc1ccccc1. The van der Waals surface area contributed by atoms with Crippen molar-refractivity contribution < 1.29 is 4.84 Å². The number of benzene rings is 1. The topological polar surface area (TPSA) is 25.4 Å². The molecule has 0 unspecified atom stereocenters. The highest BCUT2D eigenvalue weighted by Gasteiger charge is 2.12. The third kappa shape index (κ3) is 3.39. The molecule has 0 bridgehead atoms.